The van der Waals surface area contributed by atoms with Gasteiger partial charge in [0.15, 0.2) is 0 Å². The zero-order chi connectivity index (χ0) is 20.3. The summed E-state index contributed by atoms with van der Waals surface area (Å²) in [6, 6.07) is 14.6. The summed E-state index contributed by atoms with van der Waals surface area (Å²) in [6.07, 6.45) is -0.110. The molecule has 1 heterocycles. The number of carboxylic acids is 1. The second-order valence-electron chi connectivity index (χ2n) is 7.20. The standard InChI is InChI=1S/C22H25NO5/c1-14(2)28-20-11-16(27-3)9-10-17(20)21(24)23-12-18(19(13-23)22(25)26)15-7-5-4-6-8-15/h4-11,14,18-19H,12-13H2,1-3H3,(H,25,26). The van der Waals surface area contributed by atoms with Crippen molar-refractivity contribution in [1.82, 2.24) is 4.90 Å². The predicted octanol–water partition coefficient (Wildman–Crippen LogP) is 3.42. The molecule has 2 aromatic carbocycles. The second kappa shape index (κ2) is 8.33. The van der Waals surface area contributed by atoms with Crippen molar-refractivity contribution in [1.29, 1.82) is 0 Å². The Kier molecular flexibility index (Phi) is 5.87. The number of hydrogen-bond acceptors (Lipinski definition) is 4. The van der Waals surface area contributed by atoms with Crippen LogP contribution in [0.3, 0.4) is 0 Å². The van der Waals surface area contributed by atoms with Gasteiger partial charge < -0.3 is 19.5 Å². The molecule has 28 heavy (non-hydrogen) atoms. The Hall–Kier alpha value is -3.02. The van der Waals surface area contributed by atoms with Crippen LogP contribution in [0.25, 0.3) is 0 Å². The molecule has 1 N–H and O–H groups in total. The number of likely N-dealkylation sites (tertiary alicyclic amines) is 1. The molecule has 2 atom stereocenters. The molecule has 3 rings (SSSR count). The Balaban J connectivity index is 1.89. The fraction of sp³-hybridized carbons (Fsp3) is 0.364. The number of methoxy groups -OCH3 is 1. The molecule has 1 fully saturated rings. The summed E-state index contributed by atoms with van der Waals surface area (Å²) >= 11 is 0. The fourth-order valence-electron chi connectivity index (χ4n) is 3.59. The van der Waals surface area contributed by atoms with E-state index >= 15 is 0 Å². The van der Waals surface area contributed by atoms with Crippen LogP contribution < -0.4 is 9.47 Å². The van der Waals surface area contributed by atoms with Crippen LogP contribution in [0.2, 0.25) is 0 Å². The first-order chi connectivity index (χ1) is 13.4. The van der Waals surface area contributed by atoms with E-state index in [0.717, 1.165) is 5.56 Å². The highest BCUT2D eigenvalue weighted by Gasteiger charge is 2.41. The highest BCUT2D eigenvalue weighted by Crippen LogP contribution is 2.35. The number of amides is 1. The van der Waals surface area contributed by atoms with E-state index in [2.05, 4.69) is 0 Å². The van der Waals surface area contributed by atoms with Crippen molar-refractivity contribution in [2.75, 3.05) is 20.2 Å². The van der Waals surface area contributed by atoms with Gasteiger partial charge in [0.1, 0.15) is 11.5 Å². The van der Waals surface area contributed by atoms with Gasteiger partial charge in [0, 0.05) is 25.1 Å². The molecule has 6 nitrogen and oxygen atoms in total. The highest BCUT2D eigenvalue weighted by molar-refractivity contribution is 5.98. The van der Waals surface area contributed by atoms with Gasteiger partial charge in [-0.25, -0.2) is 0 Å². The average molecular weight is 383 g/mol. The van der Waals surface area contributed by atoms with E-state index in [1.54, 1.807) is 30.2 Å². The molecule has 0 radical (unpaired) electrons. The van der Waals surface area contributed by atoms with Crippen molar-refractivity contribution in [2.45, 2.75) is 25.9 Å². The Morgan fingerprint density at radius 2 is 1.82 bits per heavy atom. The van der Waals surface area contributed by atoms with Gasteiger partial charge in [-0.1, -0.05) is 30.3 Å². The number of aliphatic carboxylic acids is 1. The first-order valence-corrected chi connectivity index (χ1v) is 9.32. The number of carbonyl (C=O) groups excluding carboxylic acids is 1. The van der Waals surface area contributed by atoms with Crippen molar-refractivity contribution in [3.05, 3.63) is 59.7 Å². The van der Waals surface area contributed by atoms with E-state index in [4.69, 9.17) is 9.47 Å². The molecule has 0 bridgehead atoms. The number of benzene rings is 2. The molecular weight excluding hydrogens is 358 g/mol. The van der Waals surface area contributed by atoms with Crippen LogP contribution in [0.1, 0.15) is 35.7 Å². The monoisotopic (exact) mass is 383 g/mol. The molecule has 0 aliphatic carbocycles. The lowest BCUT2D eigenvalue weighted by Gasteiger charge is -2.20. The van der Waals surface area contributed by atoms with Gasteiger partial charge in [0.25, 0.3) is 5.91 Å². The van der Waals surface area contributed by atoms with Crippen LogP contribution in [-0.2, 0) is 4.79 Å². The van der Waals surface area contributed by atoms with Gasteiger partial charge in [-0.2, -0.15) is 0 Å². The Morgan fingerprint density at radius 1 is 1.11 bits per heavy atom. The predicted molar refractivity (Wildman–Crippen MR) is 105 cm³/mol. The van der Waals surface area contributed by atoms with E-state index in [9.17, 15) is 14.7 Å². The topological polar surface area (TPSA) is 76.1 Å². The lowest BCUT2D eigenvalue weighted by atomic mass is 9.89. The number of carbonyl (C=O) groups is 2. The molecule has 0 saturated carbocycles. The summed E-state index contributed by atoms with van der Waals surface area (Å²) in [7, 11) is 1.55. The molecule has 148 valence electrons. The minimum Gasteiger partial charge on any atom is -0.497 e. The second-order valence-corrected chi connectivity index (χ2v) is 7.20. The highest BCUT2D eigenvalue weighted by atomic mass is 16.5. The summed E-state index contributed by atoms with van der Waals surface area (Å²) in [5, 5.41) is 9.68. The van der Waals surface area contributed by atoms with Gasteiger partial charge in [-0.3, -0.25) is 9.59 Å². The van der Waals surface area contributed by atoms with Crippen LogP contribution >= 0.6 is 0 Å². The zero-order valence-electron chi connectivity index (χ0n) is 16.3. The molecule has 0 aromatic heterocycles. The first-order valence-electron chi connectivity index (χ1n) is 9.32. The molecule has 2 aromatic rings. The molecule has 0 spiro atoms. The van der Waals surface area contributed by atoms with Gasteiger partial charge in [-0.15, -0.1) is 0 Å². The zero-order valence-corrected chi connectivity index (χ0v) is 16.3. The minimum absolute atomic E-state index is 0.110. The Labute approximate surface area is 164 Å². The summed E-state index contributed by atoms with van der Waals surface area (Å²) in [5.41, 5.74) is 1.34. The molecular formula is C22H25NO5. The minimum atomic E-state index is -0.891. The van der Waals surface area contributed by atoms with E-state index in [1.165, 1.54) is 0 Å². The maximum atomic E-state index is 13.2. The molecule has 1 aliphatic heterocycles. The van der Waals surface area contributed by atoms with Gasteiger partial charge >= 0.3 is 5.97 Å². The van der Waals surface area contributed by atoms with Crippen molar-refractivity contribution in [2.24, 2.45) is 5.92 Å². The quantitative estimate of drug-likeness (QED) is 0.827. The molecule has 1 amide bonds. The van der Waals surface area contributed by atoms with Crippen molar-refractivity contribution in [3.63, 3.8) is 0 Å². The number of rotatable bonds is 6. The Morgan fingerprint density at radius 3 is 2.43 bits per heavy atom. The third-order valence-electron chi connectivity index (χ3n) is 4.93. The number of carboxylic acid groups (broad SMARTS) is 1. The largest absolute Gasteiger partial charge is 0.497 e. The summed E-state index contributed by atoms with van der Waals surface area (Å²) < 4.78 is 11.0. The van der Waals surface area contributed by atoms with E-state index in [-0.39, 0.29) is 24.5 Å². The lowest BCUT2D eigenvalue weighted by molar-refractivity contribution is -0.141. The third kappa shape index (κ3) is 4.11. The SMILES string of the molecule is COc1ccc(C(=O)N2CC(C(=O)O)C(c3ccccc3)C2)c(OC(C)C)c1. The van der Waals surface area contributed by atoms with Crippen molar-refractivity contribution >= 4 is 11.9 Å². The number of hydrogen-bond donors (Lipinski definition) is 1. The molecule has 1 saturated heterocycles. The van der Waals surface area contributed by atoms with E-state index < -0.39 is 11.9 Å². The van der Waals surface area contributed by atoms with Crippen LogP contribution in [0.15, 0.2) is 48.5 Å². The molecule has 6 heteroatoms. The average Bonchev–Trinajstić information content (AvgIpc) is 3.13. The van der Waals surface area contributed by atoms with E-state index in [1.807, 2.05) is 44.2 Å². The maximum Gasteiger partial charge on any atom is 0.308 e. The van der Waals surface area contributed by atoms with E-state index in [0.29, 0.717) is 23.6 Å². The van der Waals surface area contributed by atoms with Crippen LogP contribution in [0.4, 0.5) is 0 Å². The van der Waals surface area contributed by atoms with Gasteiger partial charge in [0.05, 0.1) is 24.7 Å². The van der Waals surface area contributed by atoms with Gasteiger partial charge in [0.2, 0.25) is 0 Å². The van der Waals surface area contributed by atoms with Crippen LogP contribution in [0.5, 0.6) is 11.5 Å². The summed E-state index contributed by atoms with van der Waals surface area (Å²) in [5.74, 6) is -0.969. The summed E-state index contributed by atoms with van der Waals surface area (Å²) in [6.45, 7) is 4.29. The lowest BCUT2D eigenvalue weighted by Crippen LogP contribution is -2.30. The van der Waals surface area contributed by atoms with Crippen LogP contribution in [-0.4, -0.2) is 48.2 Å². The number of ether oxygens (including phenoxy) is 2. The third-order valence-corrected chi connectivity index (χ3v) is 4.93. The maximum absolute atomic E-state index is 13.2. The smallest absolute Gasteiger partial charge is 0.308 e. The Bertz CT molecular complexity index is 849. The van der Waals surface area contributed by atoms with Crippen LogP contribution in [0, 0.1) is 5.92 Å². The fourth-order valence-corrected chi connectivity index (χ4v) is 3.59. The van der Waals surface area contributed by atoms with Crippen molar-refractivity contribution in [3.8, 4) is 11.5 Å². The summed E-state index contributed by atoms with van der Waals surface area (Å²) in [4.78, 5) is 26.6. The normalized spacial score (nSPS) is 18.9. The number of nitrogens with zero attached hydrogens (tertiary/aromatic N) is 1. The van der Waals surface area contributed by atoms with Crippen molar-refractivity contribution < 1.29 is 24.2 Å². The molecule has 2 unspecified atom stereocenters. The van der Waals surface area contributed by atoms with Gasteiger partial charge in [-0.05, 0) is 31.5 Å². The first kappa shape index (κ1) is 19.7. The molecule has 1 aliphatic rings.